The fraction of sp³-hybridized carbons (Fsp3) is 0.179. The molecule has 5 aromatic rings. The van der Waals surface area contributed by atoms with Crippen LogP contribution in [0.1, 0.15) is 23.6 Å². The highest BCUT2D eigenvalue weighted by Crippen LogP contribution is 2.29. The van der Waals surface area contributed by atoms with E-state index in [1.165, 1.54) is 17.0 Å². The molecule has 8 nitrogen and oxygen atoms in total. The number of rotatable bonds is 14. The number of sulfonamides is 1. The lowest BCUT2D eigenvalue weighted by Crippen LogP contribution is -2.53. The zero-order valence-corrected chi connectivity index (χ0v) is 27.8. The second-order valence-electron chi connectivity index (χ2n) is 11.3. The zero-order chi connectivity index (χ0) is 33.9. The number of nitrogens with zero attached hydrogens (tertiary/aromatic N) is 2. The molecule has 0 spiro atoms. The number of carbonyl (C=O) groups excluding carboxylic acids is 2. The van der Waals surface area contributed by atoms with E-state index in [0.29, 0.717) is 18.0 Å². The molecule has 246 valence electrons. The van der Waals surface area contributed by atoms with Crippen molar-refractivity contribution in [3.05, 3.63) is 156 Å². The molecule has 5 rings (SSSR count). The molecule has 48 heavy (non-hydrogen) atoms. The lowest BCUT2D eigenvalue weighted by molar-refractivity contribution is -0.140. The summed E-state index contributed by atoms with van der Waals surface area (Å²) >= 11 is 0. The Bertz CT molecular complexity index is 1890. The Hall–Kier alpha value is -5.41. The molecule has 2 amide bonds. The van der Waals surface area contributed by atoms with Gasteiger partial charge >= 0.3 is 0 Å². The molecule has 0 aromatic heterocycles. The molecule has 0 saturated carbocycles. The van der Waals surface area contributed by atoms with Crippen molar-refractivity contribution in [3.63, 3.8) is 0 Å². The van der Waals surface area contributed by atoms with Gasteiger partial charge in [-0.25, -0.2) is 8.42 Å². The molecule has 0 aliphatic rings. The van der Waals surface area contributed by atoms with Crippen LogP contribution in [0, 0.1) is 6.92 Å². The molecule has 0 saturated heterocycles. The summed E-state index contributed by atoms with van der Waals surface area (Å²) in [7, 11) is -4.20. The fourth-order valence-corrected chi connectivity index (χ4v) is 6.72. The highest BCUT2D eigenvalue weighted by molar-refractivity contribution is 7.92. The van der Waals surface area contributed by atoms with E-state index in [9.17, 15) is 18.0 Å². The molecule has 0 aliphatic heterocycles. The van der Waals surface area contributed by atoms with Gasteiger partial charge in [0.1, 0.15) is 24.1 Å². The Morgan fingerprint density at radius 2 is 1.27 bits per heavy atom. The van der Waals surface area contributed by atoms with Crippen LogP contribution in [0.15, 0.2) is 144 Å². The van der Waals surface area contributed by atoms with Gasteiger partial charge < -0.3 is 15.0 Å². The van der Waals surface area contributed by atoms with Crippen molar-refractivity contribution in [1.82, 2.24) is 10.2 Å². The van der Waals surface area contributed by atoms with Crippen LogP contribution in [0.3, 0.4) is 0 Å². The van der Waals surface area contributed by atoms with E-state index in [2.05, 4.69) is 5.32 Å². The van der Waals surface area contributed by atoms with Crippen molar-refractivity contribution in [2.45, 2.75) is 37.8 Å². The maximum atomic E-state index is 14.5. The van der Waals surface area contributed by atoms with E-state index in [0.717, 1.165) is 21.0 Å². The van der Waals surface area contributed by atoms with Crippen molar-refractivity contribution in [2.75, 3.05) is 17.4 Å². The summed E-state index contributed by atoms with van der Waals surface area (Å²) < 4.78 is 35.4. The van der Waals surface area contributed by atoms with Gasteiger partial charge in [0.25, 0.3) is 10.0 Å². The van der Waals surface area contributed by atoms with Crippen LogP contribution >= 0.6 is 0 Å². The number of likely N-dealkylation sites (N-methyl/N-ethyl adjacent to an activating group) is 1. The Kier molecular flexibility index (Phi) is 11.3. The first kappa shape index (κ1) is 33.9. The first-order valence-corrected chi connectivity index (χ1v) is 17.3. The van der Waals surface area contributed by atoms with Gasteiger partial charge in [-0.1, -0.05) is 96.6 Å². The topological polar surface area (TPSA) is 96.0 Å². The van der Waals surface area contributed by atoms with E-state index in [1.807, 2.05) is 98.8 Å². The van der Waals surface area contributed by atoms with Gasteiger partial charge in [0.05, 0.1) is 10.6 Å². The number of para-hydroxylation sites is 1. The first-order valence-electron chi connectivity index (χ1n) is 15.8. The lowest BCUT2D eigenvalue weighted by Gasteiger charge is -2.34. The molecular formula is C39H39N3O5S. The number of amides is 2. The van der Waals surface area contributed by atoms with Crippen molar-refractivity contribution < 1.29 is 22.7 Å². The van der Waals surface area contributed by atoms with E-state index < -0.39 is 28.5 Å². The lowest BCUT2D eigenvalue weighted by atomic mass is 10.0. The van der Waals surface area contributed by atoms with Gasteiger partial charge in [-0.05, 0) is 73.5 Å². The highest BCUT2D eigenvalue weighted by atomic mass is 32.2. The summed E-state index contributed by atoms with van der Waals surface area (Å²) in [4.78, 5) is 29.7. The average Bonchev–Trinajstić information content (AvgIpc) is 3.11. The number of hydrogen-bond acceptors (Lipinski definition) is 5. The second-order valence-corrected chi connectivity index (χ2v) is 13.2. The van der Waals surface area contributed by atoms with Crippen molar-refractivity contribution in [1.29, 1.82) is 0 Å². The van der Waals surface area contributed by atoms with Gasteiger partial charge in [0, 0.05) is 19.5 Å². The van der Waals surface area contributed by atoms with Crippen LogP contribution in [-0.4, -0.2) is 44.3 Å². The minimum atomic E-state index is -4.20. The van der Waals surface area contributed by atoms with E-state index in [1.54, 1.807) is 42.5 Å². The molecule has 0 radical (unpaired) electrons. The second kappa shape index (κ2) is 15.9. The zero-order valence-electron chi connectivity index (χ0n) is 27.0. The van der Waals surface area contributed by atoms with Crippen LogP contribution in [0.25, 0.3) is 0 Å². The average molecular weight is 662 g/mol. The van der Waals surface area contributed by atoms with Gasteiger partial charge in [-0.15, -0.1) is 0 Å². The number of carbonyl (C=O) groups is 2. The van der Waals surface area contributed by atoms with Crippen LogP contribution in [0.4, 0.5) is 5.69 Å². The summed E-state index contributed by atoms with van der Waals surface area (Å²) in [6, 6.07) is 40.1. The molecule has 1 atom stereocenters. The predicted molar refractivity (Wildman–Crippen MR) is 188 cm³/mol. The van der Waals surface area contributed by atoms with E-state index in [4.69, 9.17) is 4.74 Å². The van der Waals surface area contributed by atoms with Gasteiger partial charge in [0.2, 0.25) is 11.8 Å². The fourth-order valence-electron chi connectivity index (χ4n) is 5.29. The van der Waals surface area contributed by atoms with Gasteiger partial charge in [-0.3, -0.25) is 13.9 Å². The standard InChI is InChI=1S/C39H39N3O5S/c1-3-40-39(44)37(27-31-13-7-4-8-14-31)41(28-32-21-19-30(2)20-22-32)38(43)29-42(48(45,46)36-17-11-6-12-18-36)33-23-25-35(26-24-33)47-34-15-9-5-10-16-34/h4-26,37H,3,27-29H2,1-2H3,(H,40,44)/t37-/m1/s1. The quantitative estimate of drug-likeness (QED) is 0.142. The SMILES string of the molecule is CCNC(=O)[C@@H](Cc1ccccc1)N(Cc1ccc(C)cc1)C(=O)CN(c1ccc(Oc2ccccc2)cc1)S(=O)(=O)c1ccccc1. The van der Waals surface area contributed by atoms with Crippen molar-refractivity contribution in [2.24, 2.45) is 0 Å². The van der Waals surface area contributed by atoms with Crippen LogP contribution in [-0.2, 0) is 32.6 Å². The molecule has 0 heterocycles. The van der Waals surface area contributed by atoms with Gasteiger partial charge in [0.15, 0.2) is 0 Å². The summed E-state index contributed by atoms with van der Waals surface area (Å²) in [5.41, 5.74) is 3.02. The van der Waals surface area contributed by atoms with E-state index >= 15 is 0 Å². The maximum absolute atomic E-state index is 14.5. The minimum Gasteiger partial charge on any atom is -0.457 e. The van der Waals surface area contributed by atoms with Crippen molar-refractivity contribution in [3.8, 4) is 11.5 Å². The third-order valence-electron chi connectivity index (χ3n) is 7.81. The third-order valence-corrected chi connectivity index (χ3v) is 9.60. The minimum absolute atomic E-state index is 0.0389. The van der Waals surface area contributed by atoms with E-state index in [-0.39, 0.29) is 29.5 Å². The maximum Gasteiger partial charge on any atom is 0.264 e. The molecule has 9 heteroatoms. The van der Waals surface area contributed by atoms with Crippen molar-refractivity contribution >= 4 is 27.5 Å². The molecule has 0 aliphatic carbocycles. The number of benzene rings is 5. The molecule has 5 aromatic carbocycles. The number of ether oxygens (including phenoxy) is 1. The molecular weight excluding hydrogens is 623 g/mol. The Morgan fingerprint density at radius 1 is 0.708 bits per heavy atom. The molecule has 0 bridgehead atoms. The number of hydrogen-bond donors (Lipinski definition) is 1. The molecule has 1 N–H and O–H groups in total. The van der Waals surface area contributed by atoms with Crippen LogP contribution in [0.2, 0.25) is 0 Å². The highest BCUT2D eigenvalue weighted by Gasteiger charge is 2.34. The summed E-state index contributed by atoms with van der Waals surface area (Å²) in [5.74, 6) is 0.304. The predicted octanol–water partition coefficient (Wildman–Crippen LogP) is 6.76. The Labute approximate surface area is 282 Å². The molecule has 0 unspecified atom stereocenters. The largest absolute Gasteiger partial charge is 0.457 e. The summed E-state index contributed by atoms with van der Waals surface area (Å²) in [6.07, 6.45) is 0.251. The Morgan fingerprint density at radius 3 is 1.88 bits per heavy atom. The smallest absolute Gasteiger partial charge is 0.264 e. The van der Waals surface area contributed by atoms with Crippen LogP contribution < -0.4 is 14.4 Å². The summed E-state index contributed by atoms with van der Waals surface area (Å²) in [5, 5.41) is 2.88. The number of anilines is 1. The summed E-state index contributed by atoms with van der Waals surface area (Å²) in [6.45, 7) is 3.75. The third kappa shape index (κ3) is 8.68. The monoisotopic (exact) mass is 661 g/mol. The number of nitrogens with one attached hydrogen (secondary N) is 1. The number of aryl methyl sites for hydroxylation is 1. The molecule has 0 fully saturated rings. The van der Waals surface area contributed by atoms with Crippen LogP contribution in [0.5, 0.6) is 11.5 Å². The first-order chi connectivity index (χ1) is 23.2. The normalized spacial score (nSPS) is 11.7. The van der Waals surface area contributed by atoms with Gasteiger partial charge in [-0.2, -0.15) is 0 Å². The Balaban J connectivity index is 1.53.